The van der Waals surface area contributed by atoms with Crippen LogP contribution in [0, 0.1) is 10.1 Å². The van der Waals surface area contributed by atoms with E-state index in [1.54, 1.807) is 7.05 Å². The van der Waals surface area contributed by atoms with Crippen LogP contribution in [-0.4, -0.2) is 35.4 Å². The van der Waals surface area contributed by atoms with E-state index in [2.05, 4.69) is 10.3 Å². The summed E-state index contributed by atoms with van der Waals surface area (Å²) in [6.45, 7) is 0.683. The van der Waals surface area contributed by atoms with Crippen molar-refractivity contribution in [3.8, 4) is 0 Å². The van der Waals surface area contributed by atoms with E-state index in [0.717, 1.165) is 12.8 Å². The van der Waals surface area contributed by atoms with Crippen molar-refractivity contribution in [1.82, 2.24) is 10.3 Å². The molecular formula is C11H15N5O3. The monoisotopic (exact) mass is 265 g/mol. The number of pyridine rings is 1. The number of hydrogen-bond donors (Lipinski definition) is 2. The molecule has 0 spiro atoms. The van der Waals surface area contributed by atoms with Crippen LogP contribution in [0.5, 0.6) is 0 Å². The molecule has 1 atom stereocenters. The molecule has 3 N–H and O–H groups in total. The van der Waals surface area contributed by atoms with Gasteiger partial charge < -0.3 is 16.0 Å². The quantitative estimate of drug-likeness (QED) is 0.599. The van der Waals surface area contributed by atoms with Gasteiger partial charge in [-0.2, -0.15) is 0 Å². The third kappa shape index (κ3) is 2.42. The molecule has 0 aromatic carbocycles. The Kier molecular flexibility index (Phi) is 3.50. The number of hydrogen-bond acceptors (Lipinski definition) is 6. The van der Waals surface area contributed by atoms with Gasteiger partial charge in [0.1, 0.15) is 11.9 Å². The molecule has 0 bridgehead atoms. The summed E-state index contributed by atoms with van der Waals surface area (Å²) in [6, 6.07) is 2.55. The fourth-order valence-electron chi connectivity index (χ4n) is 2.25. The summed E-state index contributed by atoms with van der Waals surface area (Å²) in [5.74, 6) is 0.274. The molecule has 1 fully saturated rings. The van der Waals surface area contributed by atoms with E-state index >= 15 is 0 Å². The Labute approximate surface area is 109 Å². The minimum absolute atomic E-state index is 0.0868. The van der Waals surface area contributed by atoms with E-state index in [-0.39, 0.29) is 23.5 Å². The zero-order valence-corrected chi connectivity index (χ0v) is 10.5. The third-order valence-electron chi connectivity index (χ3n) is 3.18. The number of nitrogen functional groups attached to an aromatic ring is 1. The van der Waals surface area contributed by atoms with E-state index in [4.69, 9.17) is 5.73 Å². The van der Waals surface area contributed by atoms with Gasteiger partial charge in [0.25, 0.3) is 0 Å². The summed E-state index contributed by atoms with van der Waals surface area (Å²) in [5, 5.41) is 13.3. The van der Waals surface area contributed by atoms with Crippen LogP contribution in [0.1, 0.15) is 12.8 Å². The molecule has 1 unspecified atom stereocenters. The minimum Gasteiger partial charge on any atom is -0.378 e. The van der Waals surface area contributed by atoms with Crippen molar-refractivity contribution in [2.45, 2.75) is 18.9 Å². The lowest BCUT2D eigenvalue weighted by Crippen LogP contribution is -2.42. The highest BCUT2D eigenvalue weighted by molar-refractivity contribution is 5.85. The van der Waals surface area contributed by atoms with Gasteiger partial charge >= 0.3 is 5.69 Å². The van der Waals surface area contributed by atoms with Crippen LogP contribution in [0.2, 0.25) is 0 Å². The average molecular weight is 265 g/mol. The smallest absolute Gasteiger partial charge is 0.311 e. The highest BCUT2D eigenvalue weighted by Gasteiger charge is 2.31. The van der Waals surface area contributed by atoms with Crippen molar-refractivity contribution < 1.29 is 9.72 Å². The van der Waals surface area contributed by atoms with Gasteiger partial charge in [0, 0.05) is 19.7 Å². The molecule has 0 saturated carbocycles. The molecule has 8 nitrogen and oxygen atoms in total. The SMILES string of the molecule is CNC(=O)C1CCCN1c1ccc([N+](=O)[O-])c(N)n1. The van der Waals surface area contributed by atoms with Gasteiger partial charge in [0.05, 0.1) is 4.92 Å². The Morgan fingerprint density at radius 1 is 1.63 bits per heavy atom. The number of anilines is 2. The van der Waals surface area contributed by atoms with Crippen LogP contribution in [0.4, 0.5) is 17.3 Å². The van der Waals surface area contributed by atoms with Crippen molar-refractivity contribution in [2.24, 2.45) is 0 Å². The molecule has 0 radical (unpaired) electrons. The summed E-state index contributed by atoms with van der Waals surface area (Å²) in [6.07, 6.45) is 1.61. The molecular weight excluding hydrogens is 250 g/mol. The molecule has 1 saturated heterocycles. The molecule has 102 valence electrons. The third-order valence-corrected chi connectivity index (χ3v) is 3.18. The van der Waals surface area contributed by atoms with E-state index in [0.29, 0.717) is 12.4 Å². The number of amides is 1. The first-order valence-electron chi connectivity index (χ1n) is 5.93. The van der Waals surface area contributed by atoms with Crippen molar-refractivity contribution in [3.63, 3.8) is 0 Å². The fraction of sp³-hybridized carbons (Fsp3) is 0.455. The van der Waals surface area contributed by atoms with E-state index < -0.39 is 4.92 Å². The lowest BCUT2D eigenvalue weighted by atomic mass is 10.2. The maximum atomic E-state index is 11.7. The molecule has 2 heterocycles. The number of nitrogens with one attached hydrogen (secondary N) is 1. The largest absolute Gasteiger partial charge is 0.378 e. The normalized spacial score (nSPS) is 18.4. The molecule has 1 aliphatic rings. The van der Waals surface area contributed by atoms with Crippen molar-refractivity contribution in [1.29, 1.82) is 0 Å². The van der Waals surface area contributed by atoms with Gasteiger partial charge in [-0.3, -0.25) is 14.9 Å². The number of nitrogens with zero attached hydrogens (tertiary/aromatic N) is 3. The van der Waals surface area contributed by atoms with Crippen LogP contribution < -0.4 is 16.0 Å². The average Bonchev–Trinajstić information content (AvgIpc) is 2.86. The van der Waals surface area contributed by atoms with Gasteiger partial charge in [0.2, 0.25) is 11.7 Å². The maximum absolute atomic E-state index is 11.7. The predicted molar refractivity (Wildman–Crippen MR) is 69.7 cm³/mol. The number of aromatic nitrogens is 1. The van der Waals surface area contributed by atoms with Gasteiger partial charge in [-0.15, -0.1) is 0 Å². The highest BCUT2D eigenvalue weighted by atomic mass is 16.6. The second-order valence-corrected chi connectivity index (χ2v) is 4.30. The molecule has 1 amide bonds. The molecule has 2 rings (SSSR count). The second kappa shape index (κ2) is 5.09. The first-order chi connectivity index (χ1) is 9.04. The fourth-order valence-corrected chi connectivity index (χ4v) is 2.25. The number of carbonyl (C=O) groups excluding carboxylic acids is 1. The zero-order valence-electron chi connectivity index (χ0n) is 10.5. The standard InChI is InChI=1S/C11H15N5O3/c1-13-11(17)8-3-2-6-15(8)9-5-4-7(16(18)19)10(12)14-9/h4-5,8H,2-3,6H2,1H3,(H2,12,14)(H,13,17). The second-order valence-electron chi connectivity index (χ2n) is 4.30. The Balaban J connectivity index is 2.29. The topological polar surface area (TPSA) is 114 Å². The Morgan fingerprint density at radius 2 is 2.37 bits per heavy atom. The van der Waals surface area contributed by atoms with E-state index in [9.17, 15) is 14.9 Å². The van der Waals surface area contributed by atoms with Crippen LogP contribution in [0.3, 0.4) is 0 Å². The molecule has 8 heteroatoms. The summed E-state index contributed by atoms with van der Waals surface area (Å²) >= 11 is 0. The molecule has 1 aliphatic heterocycles. The Hall–Kier alpha value is -2.38. The number of nitro groups is 1. The number of likely N-dealkylation sites (N-methyl/N-ethyl adjacent to an activating group) is 1. The summed E-state index contributed by atoms with van der Waals surface area (Å²) < 4.78 is 0. The van der Waals surface area contributed by atoms with Crippen LogP contribution in [0.25, 0.3) is 0 Å². The first kappa shape index (κ1) is 13.1. The number of rotatable bonds is 3. The molecule has 1 aromatic rings. The predicted octanol–water partition coefficient (Wildman–Crippen LogP) is 0.287. The van der Waals surface area contributed by atoms with Crippen molar-refractivity contribution in [3.05, 3.63) is 22.2 Å². The van der Waals surface area contributed by atoms with Crippen LogP contribution in [-0.2, 0) is 4.79 Å². The van der Waals surface area contributed by atoms with Gasteiger partial charge in [-0.25, -0.2) is 4.98 Å². The molecule has 0 aliphatic carbocycles. The van der Waals surface area contributed by atoms with Crippen LogP contribution in [0.15, 0.2) is 12.1 Å². The highest BCUT2D eigenvalue weighted by Crippen LogP contribution is 2.28. The lowest BCUT2D eigenvalue weighted by Gasteiger charge is -2.24. The number of nitrogens with two attached hydrogens (primary N) is 1. The zero-order chi connectivity index (χ0) is 14.0. The van der Waals surface area contributed by atoms with Crippen molar-refractivity contribution >= 4 is 23.2 Å². The summed E-state index contributed by atoms with van der Waals surface area (Å²) in [7, 11) is 1.58. The molecule has 19 heavy (non-hydrogen) atoms. The first-order valence-corrected chi connectivity index (χ1v) is 5.93. The lowest BCUT2D eigenvalue weighted by molar-refractivity contribution is -0.384. The van der Waals surface area contributed by atoms with E-state index in [1.165, 1.54) is 12.1 Å². The Bertz CT molecular complexity index is 519. The minimum atomic E-state index is -0.577. The van der Waals surface area contributed by atoms with Gasteiger partial charge in [-0.05, 0) is 18.9 Å². The van der Waals surface area contributed by atoms with Crippen LogP contribution >= 0.6 is 0 Å². The van der Waals surface area contributed by atoms with Gasteiger partial charge in [0.15, 0.2) is 0 Å². The summed E-state index contributed by atoms with van der Waals surface area (Å²) in [4.78, 5) is 27.7. The molecule has 1 aromatic heterocycles. The van der Waals surface area contributed by atoms with Crippen molar-refractivity contribution in [2.75, 3.05) is 24.2 Å². The van der Waals surface area contributed by atoms with Gasteiger partial charge in [-0.1, -0.05) is 0 Å². The van der Waals surface area contributed by atoms with E-state index in [1.807, 2.05) is 4.90 Å². The maximum Gasteiger partial charge on any atom is 0.311 e. The summed E-state index contributed by atoms with van der Waals surface area (Å²) in [5.41, 5.74) is 5.34. The number of carbonyl (C=O) groups is 1. The Morgan fingerprint density at radius 3 is 2.95 bits per heavy atom.